The van der Waals surface area contributed by atoms with Crippen molar-refractivity contribution in [1.82, 2.24) is 24.8 Å². The molecular formula is C12H20N6. The number of rotatable bonds is 4. The quantitative estimate of drug-likeness (QED) is 0.897. The van der Waals surface area contributed by atoms with Gasteiger partial charge in [0.2, 0.25) is 0 Å². The molecule has 2 aromatic heterocycles. The van der Waals surface area contributed by atoms with Crippen LogP contribution in [0.15, 0.2) is 18.6 Å². The van der Waals surface area contributed by atoms with E-state index in [-0.39, 0.29) is 5.54 Å². The first-order valence-electron chi connectivity index (χ1n) is 6.17. The third-order valence-corrected chi connectivity index (χ3v) is 2.66. The number of aryl methyl sites for hydroxylation is 1. The standard InChI is InChI=1S/C12H20N6/c1-5-17-8-10(7-14-17)13-6-11-9-18(16-15-11)12(2,3)4/h7-9,13H,5-6H2,1-4H3. The van der Waals surface area contributed by atoms with Crippen LogP contribution in [-0.2, 0) is 18.6 Å². The van der Waals surface area contributed by atoms with E-state index in [2.05, 4.69) is 48.4 Å². The molecule has 0 saturated heterocycles. The molecule has 2 aromatic rings. The van der Waals surface area contributed by atoms with Gasteiger partial charge in [-0.15, -0.1) is 5.10 Å². The molecule has 98 valence electrons. The number of anilines is 1. The fourth-order valence-corrected chi connectivity index (χ4v) is 1.53. The van der Waals surface area contributed by atoms with E-state index in [0.717, 1.165) is 17.9 Å². The summed E-state index contributed by atoms with van der Waals surface area (Å²) in [6.07, 6.45) is 5.77. The predicted octanol–water partition coefficient (Wildman–Crippen LogP) is 1.86. The van der Waals surface area contributed by atoms with Crippen LogP contribution in [0.3, 0.4) is 0 Å². The lowest BCUT2D eigenvalue weighted by atomic mass is 10.1. The molecule has 0 fully saturated rings. The molecule has 2 rings (SSSR count). The molecule has 6 nitrogen and oxygen atoms in total. The second-order valence-electron chi connectivity index (χ2n) is 5.26. The van der Waals surface area contributed by atoms with Crippen molar-refractivity contribution in [3.8, 4) is 0 Å². The van der Waals surface area contributed by atoms with E-state index >= 15 is 0 Å². The molecule has 0 atom stereocenters. The second-order valence-corrected chi connectivity index (χ2v) is 5.26. The SMILES string of the molecule is CCn1cc(NCc2cn(C(C)(C)C)nn2)cn1. The van der Waals surface area contributed by atoms with Gasteiger partial charge in [-0.25, -0.2) is 4.68 Å². The molecule has 0 aliphatic carbocycles. The molecule has 0 aliphatic heterocycles. The summed E-state index contributed by atoms with van der Waals surface area (Å²) in [6.45, 7) is 9.90. The van der Waals surface area contributed by atoms with E-state index < -0.39 is 0 Å². The van der Waals surface area contributed by atoms with Gasteiger partial charge in [-0.3, -0.25) is 4.68 Å². The minimum atomic E-state index is -0.0294. The number of aromatic nitrogens is 5. The van der Waals surface area contributed by atoms with Gasteiger partial charge < -0.3 is 5.32 Å². The molecule has 1 N–H and O–H groups in total. The minimum absolute atomic E-state index is 0.0294. The first-order chi connectivity index (χ1) is 8.49. The molecule has 6 heteroatoms. The lowest BCUT2D eigenvalue weighted by Gasteiger charge is -2.17. The van der Waals surface area contributed by atoms with E-state index in [1.165, 1.54) is 0 Å². The zero-order chi connectivity index (χ0) is 13.2. The van der Waals surface area contributed by atoms with Crippen LogP contribution in [0.1, 0.15) is 33.4 Å². The normalized spacial score (nSPS) is 11.8. The molecule has 0 saturated carbocycles. The Hall–Kier alpha value is -1.85. The Labute approximate surface area is 107 Å². The Morgan fingerprint density at radius 3 is 2.61 bits per heavy atom. The van der Waals surface area contributed by atoms with E-state index in [4.69, 9.17) is 0 Å². The highest BCUT2D eigenvalue weighted by Crippen LogP contribution is 2.12. The van der Waals surface area contributed by atoms with Gasteiger partial charge in [0.05, 0.1) is 30.2 Å². The average molecular weight is 248 g/mol. The molecule has 0 radical (unpaired) electrons. The van der Waals surface area contributed by atoms with Crippen molar-refractivity contribution in [3.05, 3.63) is 24.3 Å². The Bertz CT molecular complexity index is 505. The monoisotopic (exact) mass is 248 g/mol. The first kappa shape index (κ1) is 12.6. The van der Waals surface area contributed by atoms with Gasteiger partial charge in [0.25, 0.3) is 0 Å². The van der Waals surface area contributed by atoms with Crippen LogP contribution in [0.5, 0.6) is 0 Å². The fraction of sp³-hybridized carbons (Fsp3) is 0.583. The Balaban J connectivity index is 1.96. The summed E-state index contributed by atoms with van der Waals surface area (Å²) in [5.41, 5.74) is 1.90. The molecule has 0 aromatic carbocycles. The molecule has 18 heavy (non-hydrogen) atoms. The van der Waals surface area contributed by atoms with Crippen LogP contribution >= 0.6 is 0 Å². The third kappa shape index (κ3) is 2.88. The zero-order valence-electron chi connectivity index (χ0n) is 11.4. The maximum Gasteiger partial charge on any atom is 0.102 e. The van der Waals surface area contributed by atoms with Gasteiger partial charge in [0.1, 0.15) is 5.69 Å². The van der Waals surface area contributed by atoms with Gasteiger partial charge in [0, 0.05) is 12.7 Å². The van der Waals surface area contributed by atoms with Crippen molar-refractivity contribution in [3.63, 3.8) is 0 Å². The van der Waals surface area contributed by atoms with Crippen molar-refractivity contribution < 1.29 is 0 Å². The molecule has 2 heterocycles. The summed E-state index contributed by atoms with van der Waals surface area (Å²) in [4.78, 5) is 0. The van der Waals surface area contributed by atoms with Crippen molar-refractivity contribution in [2.75, 3.05) is 5.32 Å². The van der Waals surface area contributed by atoms with Crippen LogP contribution in [-0.4, -0.2) is 24.8 Å². The van der Waals surface area contributed by atoms with Gasteiger partial charge in [-0.1, -0.05) is 5.21 Å². The summed E-state index contributed by atoms with van der Waals surface area (Å²) < 4.78 is 3.76. The Kier molecular flexibility index (Phi) is 3.36. The maximum absolute atomic E-state index is 4.20. The Morgan fingerprint density at radius 2 is 2.06 bits per heavy atom. The highest BCUT2D eigenvalue weighted by Gasteiger charge is 2.14. The average Bonchev–Trinajstić information content (AvgIpc) is 2.94. The molecule has 0 unspecified atom stereocenters. The number of nitrogens with zero attached hydrogens (tertiary/aromatic N) is 5. The number of nitrogens with one attached hydrogen (secondary N) is 1. The molecular weight excluding hydrogens is 228 g/mol. The summed E-state index contributed by atoms with van der Waals surface area (Å²) in [6, 6.07) is 0. The highest BCUT2D eigenvalue weighted by atomic mass is 15.4. The third-order valence-electron chi connectivity index (χ3n) is 2.66. The summed E-state index contributed by atoms with van der Waals surface area (Å²) in [7, 11) is 0. The van der Waals surface area contributed by atoms with Crippen LogP contribution in [0, 0.1) is 0 Å². The van der Waals surface area contributed by atoms with E-state index in [9.17, 15) is 0 Å². The second kappa shape index (κ2) is 4.80. The Morgan fingerprint density at radius 1 is 1.28 bits per heavy atom. The fourth-order valence-electron chi connectivity index (χ4n) is 1.53. The van der Waals surface area contributed by atoms with E-state index in [0.29, 0.717) is 6.54 Å². The largest absolute Gasteiger partial charge is 0.377 e. The first-order valence-corrected chi connectivity index (χ1v) is 6.17. The predicted molar refractivity (Wildman–Crippen MR) is 70.2 cm³/mol. The van der Waals surface area contributed by atoms with Gasteiger partial charge >= 0.3 is 0 Å². The zero-order valence-corrected chi connectivity index (χ0v) is 11.4. The topological polar surface area (TPSA) is 60.6 Å². The summed E-state index contributed by atoms with van der Waals surface area (Å²) >= 11 is 0. The smallest absolute Gasteiger partial charge is 0.102 e. The van der Waals surface area contributed by atoms with Gasteiger partial charge in [0.15, 0.2) is 0 Å². The minimum Gasteiger partial charge on any atom is -0.377 e. The summed E-state index contributed by atoms with van der Waals surface area (Å²) in [5, 5.41) is 15.8. The molecule has 0 aliphatic rings. The van der Waals surface area contributed by atoms with E-state index in [1.54, 1.807) is 0 Å². The van der Waals surface area contributed by atoms with Crippen molar-refractivity contribution in [2.24, 2.45) is 0 Å². The summed E-state index contributed by atoms with van der Waals surface area (Å²) in [5.74, 6) is 0. The van der Waals surface area contributed by atoms with E-state index in [1.807, 2.05) is 28.0 Å². The molecule has 0 bridgehead atoms. The number of hydrogen-bond acceptors (Lipinski definition) is 4. The van der Waals surface area contributed by atoms with Crippen molar-refractivity contribution >= 4 is 5.69 Å². The molecule has 0 spiro atoms. The lowest BCUT2D eigenvalue weighted by molar-refractivity contribution is 0.347. The van der Waals surface area contributed by atoms with Crippen molar-refractivity contribution in [1.29, 1.82) is 0 Å². The van der Waals surface area contributed by atoms with Crippen molar-refractivity contribution in [2.45, 2.75) is 46.3 Å². The van der Waals surface area contributed by atoms with Crippen LogP contribution in [0.2, 0.25) is 0 Å². The lowest BCUT2D eigenvalue weighted by Crippen LogP contribution is -2.22. The maximum atomic E-state index is 4.20. The van der Waals surface area contributed by atoms with Crippen LogP contribution < -0.4 is 5.32 Å². The van der Waals surface area contributed by atoms with Gasteiger partial charge in [-0.2, -0.15) is 5.10 Å². The number of hydrogen-bond donors (Lipinski definition) is 1. The van der Waals surface area contributed by atoms with Crippen LogP contribution in [0.25, 0.3) is 0 Å². The highest BCUT2D eigenvalue weighted by molar-refractivity contribution is 5.38. The molecule has 0 amide bonds. The van der Waals surface area contributed by atoms with Gasteiger partial charge in [-0.05, 0) is 27.7 Å². The van der Waals surface area contributed by atoms with Crippen LogP contribution in [0.4, 0.5) is 5.69 Å².